The number of hydrogen-bond donors (Lipinski definition) is 0. The van der Waals surface area contributed by atoms with E-state index in [1.807, 2.05) is 42.5 Å². The molecule has 114 valence electrons. The number of ether oxygens (including phenoxy) is 1. The zero-order valence-electron chi connectivity index (χ0n) is 12.3. The van der Waals surface area contributed by atoms with Gasteiger partial charge in [-0.3, -0.25) is 4.98 Å². The molecule has 2 aromatic heterocycles. The molecule has 3 rings (SSSR count). The van der Waals surface area contributed by atoms with Gasteiger partial charge in [-0.1, -0.05) is 30.3 Å². The van der Waals surface area contributed by atoms with E-state index in [9.17, 15) is 4.79 Å². The number of benzene rings is 1. The van der Waals surface area contributed by atoms with Gasteiger partial charge in [0.2, 0.25) is 0 Å². The summed E-state index contributed by atoms with van der Waals surface area (Å²) in [6.45, 7) is 0. The van der Waals surface area contributed by atoms with Crippen LogP contribution in [0.4, 0.5) is 0 Å². The maximum atomic E-state index is 12.1. The lowest BCUT2D eigenvalue weighted by molar-refractivity contribution is -0.141. The summed E-state index contributed by atoms with van der Waals surface area (Å²) < 4.78 is 10.8. The summed E-state index contributed by atoms with van der Waals surface area (Å²) in [5.41, 5.74) is 1.77. The van der Waals surface area contributed by atoms with Gasteiger partial charge >= 0.3 is 5.97 Å². The number of esters is 1. The second-order valence-electron chi connectivity index (χ2n) is 4.86. The zero-order valence-corrected chi connectivity index (χ0v) is 12.3. The number of hydrogen-bond acceptors (Lipinski definition) is 4. The van der Waals surface area contributed by atoms with Crippen molar-refractivity contribution in [3.8, 4) is 0 Å². The van der Waals surface area contributed by atoms with Crippen LogP contribution in [0.25, 0.3) is 6.08 Å². The van der Waals surface area contributed by atoms with Crippen LogP contribution in [-0.2, 0) is 9.53 Å². The van der Waals surface area contributed by atoms with E-state index in [1.54, 1.807) is 36.9 Å². The third kappa shape index (κ3) is 3.95. The lowest BCUT2D eigenvalue weighted by atomic mass is 10.0. The van der Waals surface area contributed by atoms with Crippen molar-refractivity contribution in [3.63, 3.8) is 0 Å². The largest absolute Gasteiger partial charge is 0.465 e. The number of carbonyl (C=O) groups excluding carboxylic acids is 1. The van der Waals surface area contributed by atoms with Crippen LogP contribution in [0.5, 0.6) is 0 Å². The van der Waals surface area contributed by atoms with Gasteiger partial charge in [0.25, 0.3) is 0 Å². The lowest BCUT2D eigenvalue weighted by Gasteiger charge is -2.17. The van der Waals surface area contributed by atoms with Crippen molar-refractivity contribution in [1.82, 2.24) is 4.98 Å². The van der Waals surface area contributed by atoms with Crippen molar-refractivity contribution in [3.05, 3.63) is 96.2 Å². The molecule has 0 spiro atoms. The van der Waals surface area contributed by atoms with E-state index in [-0.39, 0.29) is 0 Å². The molecule has 23 heavy (non-hydrogen) atoms. The predicted molar refractivity (Wildman–Crippen MR) is 86.4 cm³/mol. The highest BCUT2D eigenvalue weighted by atomic mass is 16.5. The van der Waals surface area contributed by atoms with Crippen LogP contribution in [0.2, 0.25) is 0 Å². The van der Waals surface area contributed by atoms with Crippen LogP contribution >= 0.6 is 0 Å². The van der Waals surface area contributed by atoms with Gasteiger partial charge < -0.3 is 9.15 Å². The van der Waals surface area contributed by atoms with Gasteiger partial charge in [-0.05, 0) is 35.9 Å². The number of aromatic nitrogens is 1. The highest BCUT2D eigenvalue weighted by molar-refractivity contribution is 5.86. The minimum Gasteiger partial charge on any atom is -0.465 e. The van der Waals surface area contributed by atoms with Gasteiger partial charge in [-0.2, -0.15) is 0 Å². The van der Waals surface area contributed by atoms with E-state index in [0.29, 0.717) is 5.76 Å². The van der Waals surface area contributed by atoms with Gasteiger partial charge in [0.05, 0.1) is 6.26 Å². The smallest absolute Gasteiger partial charge is 0.331 e. The molecule has 0 fully saturated rings. The number of rotatable bonds is 5. The van der Waals surface area contributed by atoms with E-state index < -0.39 is 12.1 Å². The van der Waals surface area contributed by atoms with Crippen LogP contribution in [0.1, 0.15) is 23.0 Å². The second-order valence-corrected chi connectivity index (χ2v) is 4.86. The number of furan rings is 1. The van der Waals surface area contributed by atoms with Crippen molar-refractivity contribution in [2.75, 3.05) is 0 Å². The van der Waals surface area contributed by atoms with E-state index in [2.05, 4.69) is 4.98 Å². The fraction of sp³-hybridized carbons (Fsp3) is 0.0526. The molecule has 1 atom stereocenters. The predicted octanol–water partition coefficient (Wildman–Crippen LogP) is 4.02. The SMILES string of the molecule is O=C(/C=C/c1ccco1)OC(c1ccccc1)c1ccncc1. The highest BCUT2D eigenvalue weighted by Gasteiger charge is 2.17. The first-order valence-corrected chi connectivity index (χ1v) is 7.20. The molecule has 0 N–H and O–H groups in total. The molecular weight excluding hydrogens is 290 g/mol. The minimum atomic E-state index is -0.479. The molecule has 1 aromatic carbocycles. The molecule has 0 aliphatic rings. The number of pyridine rings is 1. The van der Waals surface area contributed by atoms with Crippen molar-refractivity contribution in [2.45, 2.75) is 6.10 Å². The summed E-state index contributed by atoms with van der Waals surface area (Å²) in [6.07, 6.45) is 7.37. The molecular formula is C19H15NO3. The summed E-state index contributed by atoms with van der Waals surface area (Å²) in [4.78, 5) is 16.1. The van der Waals surface area contributed by atoms with Crippen LogP contribution in [0.3, 0.4) is 0 Å². The van der Waals surface area contributed by atoms with Gasteiger partial charge in [-0.25, -0.2) is 4.79 Å². The Balaban J connectivity index is 1.80. The molecule has 0 saturated carbocycles. The Bertz CT molecular complexity index is 725. The Morgan fingerprint density at radius 2 is 1.74 bits per heavy atom. The van der Waals surface area contributed by atoms with Crippen molar-refractivity contribution < 1.29 is 13.9 Å². The average Bonchev–Trinajstić information content (AvgIpc) is 3.13. The monoisotopic (exact) mass is 305 g/mol. The minimum absolute atomic E-state index is 0.438. The highest BCUT2D eigenvalue weighted by Crippen LogP contribution is 2.25. The molecule has 3 aromatic rings. The van der Waals surface area contributed by atoms with Crippen molar-refractivity contribution in [2.24, 2.45) is 0 Å². The van der Waals surface area contributed by atoms with Gasteiger partial charge in [0.15, 0.2) is 6.10 Å². The second kappa shape index (κ2) is 7.22. The molecule has 1 unspecified atom stereocenters. The van der Waals surface area contributed by atoms with E-state index in [4.69, 9.17) is 9.15 Å². The lowest BCUT2D eigenvalue weighted by Crippen LogP contribution is -2.11. The fourth-order valence-electron chi connectivity index (χ4n) is 2.19. The quantitative estimate of drug-likeness (QED) is 0.527. The zero-order chi connectivity index (χ0) is 15.9. The maximum absolute atomic E-state index is 12.1. The fourth-order valence-corrected chi connectivity index (χ4v) is 2.19. The molecule has 0 amide bonds. The molecule has 2 heterocycles. The summed E-state index contributed by atoms with van der Waals surface area (Å²) in [5, 5.41) is 0. The van der Waals surface area contributed by atoms with Crippen LogP contribution in [0.15, 0.2) is 83.7 Å². The molecule has 0 radical (unpaired) electrons. The third-order valence-corrected chi connectivity index (χ3v) is 3.27. The third-order valence-electron chi connectivity index (χ3n) is 3.27. The Morgan fingerprint density at radius 1 is 1.00 bits per heavy atom. The molecule has 0 aliphatic carbocycles. The van der Waals surface area contributed by atoms with Crippen LogP contribution in [0, 0.1) is 0 Å². The maximum Gasteiger partial charge on any atom is 0.331 e. The summed E-state index contributed by atoms with van der Waals surface area (Å²) in [6, 6.07) is 16.8. The Morgan fingerprint density at radius 3 is 2.43 bits per heavy atom. The number of carbonyl (C=O) groups is 1. The standard InChI is InChI=1S/C19H15NO3/c21-18(9-8-17-7-4-14-22-17)23-19(15-5-2-1-3-6-15)16-10-12-20-13-11-16/h1-14,19H/b9-8+. The van der Waals surface area contributed by atoms with Gasteiger partial charge in [-0.15, -0.1) is 0 Å². The summed E-state index contributed by atoms with van der Waals surface area (Å²) in [5.74, 6) is 0.161. The Labute approximate surface area is 134 Å². The Hall–Kier alpha value is -3.14. The van der Waals surface area contributed by atoms with Crippen molar-refractivity contribution >= 4 is 12.0 Å². The van der Waals surface area contributed by atoms with Gasteiger partial charge in [0.1, 0.15) is 5.76 Å². The topological polar surface area (TPSA) is 52.3 Å². The Kier molecular flexibility index (Phi) is 4.64. The average molecular weight is 305 g/mol. The molecule has 0 bridgehead atoms. The molecule has 4 nitrogen and oxygen atoms in total. The molecule has 4 heteroatoms. The summed E-state index contributed by atoms with van der Waals surface area (Å²) >= 11 is 0. The van der Waals surface area contributed by atoms with Crippen LogP contribution < -0.4 is 0 Å². The first-order valence-electron chi connectivity index (χ1n) is 7.20. The molecule has 0 aliphatic heterocycles. The first-order chi connectivity index (χ1) is 11.3. The van der Waals surface area contributed by atoms with Crippen molar-refractivity contribution in [1.29, 1.82) is 0 Å². The van der Waals surface area contributed by atoms with E-state index >= 15 is 0 Å². The van der Waals surface area contributed by atoms with Crippen LogP contribution in [-0.4, -0.2) is 11.0 Å². The van der Waals surface area contributed by atoms with Gasteiger partial charge in [0, 0.05) is 24.0 Å². The molecule has 0 saturated heterocycles. The first kappa shape index (κ1) is 14.8. The van der Waals surface area contributed by atoms with E-state index in [0.717, 1.165) is 11.1 Å². The normalized spacial score (nSPS) is 12.2. The summed E-state index contributed by atoms with van der Waals surface area (Å²) in [7, 11) is 0. The van der Waals surface area contributed by atoms with E-state index in [1.165, 1.54) is 6.08 Å². The number of nitrogens with zero attached hydrogens (tertiary/aromatic N) is 1.